The number of carbonyl (C=O) groups is 1. The van der Waals surface area contributed by atoms with Crippen LogP contribution in [-0.2, 0) is 10.2 Å². The standard InChI is InChI=1S/C21H25NO3/c23-18-11-22(12-18)19(24)10-21(15-4-2-1-3-5-15)16-6-13-7-17(21)9-14(8-16)20(13)25/h1-5,16-18,20,23,25H,6-12H2/t16-,17+,20-,21?. The highest BCUT2D eigenvalue weighted by atomic mass is 16.3. The van der Waals surface area contributed by atoms with Gasteiger partial charge in [0.05, 0.1) is 31.0 Å². The Kier molecular flexibility index (Phi) is 3.45. The monoisotopic (exact) mass is 339 g/mol. The first kappa shape index (κ1) is 15.7. The summed E-state index contributed by atoms with van der Waals surface area (Å²) in [7, 11) is 0. The number of likely N-dealkylation sites (tertiary alicyclic amines) is 1. The van der Waals surface area contributed by atoms with Crippen LogP contribution in [-0.4, -0.2) is 46.3 Å². The molecule has 0 atom stereocenters. The summed E-state index contributed by atoms with van der Waals surface area (Å²) in [5.41, 5.74) is 1.17. The number of benzene rings is 1. The number of carbonyl (C=O) groups excluding carboxylic acids is 1. The zero-order valence-corrected chi connectivity index (χ0v) is 14.4. The topological polar surface area (TPSA) is 60.8 Å². The van der Waals surface area contributed by atoms with E-state index in [2.05, 4.69) is 24.3 Å². The Morgan fingerprint density at radius 1 is 1.16 bits per heavy atom. The zero-order chi connectivity index (χ0) is 17.2. The Labute approximate surface area is 148 Å². The molecule has 1 aromatic rings. The SMILES string of the molecule is O=C(CC1(c2ccccc2)[C@H]2C[C+]3C[C@@H]1C[C-](C2)[C@@H]3O)N1CC(O)C1. The van der Waals surface area contributed by atoms with Crippen LogP contribution in [0.25, 0.3) is 0 Å². The van der Waals surface area contributed by atoms with E-state index in [-0.39, 0.29) is 23.5 Å². The normalized spacial score (nSPS) is 37.4. The van der Waals surface area contributed by atoms with Gasteiger partial charge in [-0.3, -0.25) is 4.79 Å². The molecular formula is C21H25NO3. The molecule has 4 nitrogen and oxygen atoms in total. The van der Waals surface area contributed by atoms with Crippen LogP contribution in [0.4, 0.5) is 0 Å². The Hall–Kier alpha value is -1.52. The van der Waals surface area contributed by atoms with E-state index < -0.39 is 0 Å². The van der Waals surface area contributed by atoms with Crippen molar-refractivity contribution in [3.05, 3.63) is 47.7 Å². The van der Waals surface area contributed by atoms with Gasteiger partial charge in [-0.1, -0.05) is 30.3 Å². The highest BCUT2D eigenvalue weighted by molar-refractivity contribution is 5.79. The minimum absolute atomic E-state index is 0.119. The molecule has 5 fully saturated rings. The van der Waals surface area contributed by atoms with Crippen LogP contribution >= 0.6 is 0 Å². The van der Waals surface area contributed by atoms with E-state index in [1.54, 1.807) is 4.90 Å². The third-order valence-corrected chi connectivity index (χ3v) is 7.23. The van der Waals surface area contributed by atoms with E-state index in [4.69, 9.17) is 0 Å². The molecule has 4 heteroatoms. The smallest absolute Gasteiger partial charge is 0.223 e. The zero-order valence-electron chi connectivity index (χ0n) is 14.4. The Bertz CT molecular complexity index is 637. The first-order valence-electron chi connectivity index (χ1n) is 9.46. The molecule has 1 aliphatic heterocycles. The van der Waals surface area contributed by atoms with Crippen LogP contribution in [0.15, 0.2) is 30.3 Å². The van der Waals surface area contributed by atoms with Crippen molar-refractivity contribution in [3.8, 4) is 0 Å². The second kappa shape index (κ2) is 5.49. The molecule has 1 aromatic carbocycles. The number of hydrogen-bond acceptors (Lipinski definition) is 3. The van der Waals surface area contributed by atoms with E-state index in [1.807, 2.05) is 6.07 Å². The molecule has 25 heavy (non-hydrogen) atoms. The van der Waals surface area contributed by atoms with Gasteiger partial charge < -0.3 is 15.1 Å². The van der Waals surface area contributed by atoms with Gasteiger partial charge in [-0.05, 0) is 17.4 Å². The highest BCUT2D eigenvalue weighted by Crippen LogP contribution is 2.65. The molecule has 0 radical (unpaired) electrons. The molecule has 0 aromatic heterocycles. The van der Waals surface area contributed by atoms with Gasteiger partial charge in [0.15, 0.2) is 0 Å². The largest absolute Gasteiger partial charge is 0.389 e. The maximum atomic E-state index is 13.0. The number of hydrogen-bond donors (Lipinski definition) is 2. The van der Waals surface area contributed by atoms with Crippen molar-refractivity contribution in [3.63, 3.8) is 0 Å². The number of aliphatic hydroxyl groups excluding tert-OH is 2. The summed E-state index contributed by atoms with van der Waals surface area (Å²) >= 11 is 0. The van der Waals surface area contributed by atoms with Crippen molar-refractivity contribution >= 4 is 5.91 Å². The number of nitrogens with zero attached hydrogens (tertiary/aromatic N) is 1. The molecular weight excluding hydrogens is 314 g/mol. The van der Waals surface area contributed by atoms with E-state index in [9.17, 15) is 15.0 Å². The predicted octanol–water partition coefficient (Wildman–Crippen LogP) is 1.86. The number of amides is 1. The van der Waals surface area contributed by atoms with Gasteiger partial charge in [-0.2, -0.15) is 12.8 Å². The van der Waals surface area contributed by atoms with Crippen molar-refractivity contribution in [1.82, 2.24) is 4.90 Å². The Morgan fingerprint density at radius 2 is 1.80 bits per heavy atom. The van der Waals surface area contributed by atoms with Gasteiger partial charge in [0.25, 0.3) is 0 Å². The van der Waals surface area contributed by atoms with Gasteiger partial charge in [0, 0.05) is 24.9 Å². The average Bonchev–Trinajstić information content (AvgIpc) is 2.58. The fourth-order valence-electron chi connectivity index (χ4n) is 6.01. The molecule has 0 spiro atoms. The highest BCUT2D eigenvalue weighted by Gasteiger charge is 2.61. The van der Waals surface area contributed by atoms with Crippen molar-refractivity contribution in [1.29, 1.82) is 0 Å². The molecule has 5 aliphatic rings. The molecule has 2 N–H and O–H groups in total. The van der Waals surface area contributed by atoms with Crippen LogP contribution in [0.2, 0.25) is 0 Å². The summed E-state index contributed by atoms with van der Waals surface area (Å²) in [6, 6.07) is 10.6. The summed E-state index contributed by atoms with van der Waals surface area (Å²) < 4.78 is 0. The lowest BCUT2D eigenvalue weighted by Crippen LogP contribution is -2.61. The second-order valence-corrected chi connectivity index (χ2v) is 8.47. The third kappa shape index (κ3) is 2.20. The van der Waals surface area contributed by atoms with Crippen LogP contribution in [0.1, 0.15) is 37.7 Å². The molecule has 4 saturated carbocycles. The Balaban J connectivity index is 1.51. The summed E-state index contributed by atoms with van der Waals surface area (Å²) in [4.78, 5) is 14.8. The van der Waals surface area contributed by atoms with Crippen LogP contribution in [0, 0.1) is 23.7 Å². The van der Waals surface area contributed by atoms with Crippen LogP contribution in [0.3, 0.4) is 0 Å². The molecule has 1 amide bonds. The third-order valence-electron chi connectivity index (χ3n) is 7.23. The fraction of sp³-hybridized carbons (Fsp3) is 0.571. The first-order valence-corrected chi connectivity index (χ1v) is 9.46. The Morgan fingerprint density at radius 3 is 2.36 bits per heavy atom. The van der Waals surface area contributed by atoms with E-state index in [0.29, 0.717) is 31.3 Å². The summed E-state index contributed by atoms with van der Waals surface area (Å²) in [5.74, 6) is 3.61. The van der Waals surface area contributed by atoms with E-state index in [0.717, 1.165) is 25.7 Å². The molecule has 0 unspecified atom stereocenters. The molecule has 1 heterocycles. The lowest BCUT2D eigenvalue weighted by molar-refractivity contribution is -0.146. The fourth-order valence-corrected chi connectivity index (χ4v) is 6.01. The van der Waals surface area contributed by atoms with Crippen molar-refractivity contribution in [2.45, 2.75) is 49.7 Å². The van der Waals surface area contributed by atoms with Gasteiger partial charge in [0.1, 0.15) is 0 Å². The molecule has 4 aliphatic carbocycles. The lowest BCUT2D eigenvalue weighted by atomic mass is 9.42. The predicted molar refractivity (Wildman–Crippen MR) is 93.3 cm³/mol. The quantitative estimate of drug-likeness (QED) is 0.827. The number of aliphatic hydroxyl groups is 2. The maximum Gasteiger partial charge on any atom is 0.223 e. The molecule has 4 bridgehead atoms. The summed E-state index contributed by atoms with van der Waals surface area (Å²) in [6.45, 7) is 0.957. The van der Waals surface area contributed by atoms with E-state index in [1.165, 1.54) is 17.4 Å². The lowest BCUT2D eigenvalue weighted by Gasteiger charge is -2.64. The maximum absolute atomic E-state index is 13.0. The summed E-state index contributed by atoms with van der Waals surface area (Å²) in [6.07, 6.45) is 3.70. The van der Waals surface area contributed by atoms with Gasteiger partial charge in [-0.25, -0.2) is 5.92 Å². The minimum atomic E-state index is -0.351. The molecule has 1 saturated heterocycles. The van der Waals surface area contributed by atoms with Crippen molar-refractivity contribution < 1.29 is 15.0 Å². The average molecular weight is 339 g/mol. The van der Waals surface area contributed by atoms with Crippen molar-refractivity contribution in [2.24, 2.45) is 11.8 Å². The van der Waals surface area contributed by atoms with Crippen LogP contribution in [0.5, 0.6) is 0 Å². The van der Waals surface area contributed by atoms with Gasteiger partial charge >= 0.3 is 0 Å². The van der Waals surface area contributed by atoms with Gasteiger partial charge in [0.2, 0.25) is 5.91 Å². The van der Waals surface area contributed by atoms with Crippen molar-refractivity contribution in [2.75, 3.05) is 13.1 Å². The van der Waals surface area contributed by atoms with E-state index >= 15 is 0 Å². The van der Waals surface area contributed by atoms with Crippen LogP contribution < -0.4 is 0 Å². The van der Waals surface area contributed by atoms with Gasteiger partial charge in [-0.15, -0.1) is 0 Å². The second-order valence-electron chi connectivity index (χ2n) is 8.47. The number of β-amino-alcohol motifs (C(OH)–C–C–N with tert-alkyl or cyclic N) is 1. The number of rotatable bonds is 3. The summed E-state index contributed by atoms with van der Waals surface area (Å²) in [5, 5.41) is 20.0. The molecule has 6 rings (SSSR count). The minimum Gasteiger partial charge on any atom is -0.389 e. The molecule has 132 valence electrons. The first-order chi connectivity index (χ1) is 12.1.